The van der Waals surface area contributed by atoms with Gasteiger partial charge < -0.3 is 4.48 Å². The number of benzene rings is 2. The van der Waals surface area contributed by atoms with Gasteiger partial charge in [-0.1, -0.05) is 107 Å². The molecular weight excluding hydrogens is 418 g/mol. The van der Waals surface area contributed by atoms with E-state index in [-0.39, 0.29) is 4.90 Å². The first-order chi connectivity index (χ1) is 15.2. The third-order valence-electron chi connectivity index (χ3n) is 5.61. The lowest BCUT2D eigenvalue weighted by Gasteiger charge is -2.30. The molecule has 5 heteroatoms. The quantitative estimate of drug-likeness (QED) is 0.185. The van der Waals surface area contributed by atoms with Crippen LogP contribution in [0.5, 0.6) is 0 Å². The zero-order valence-corrected chi connectivity index (χ0v) is 21.2. The van der Waals surface area contributed by atoms with Gasteiger partial charge in [0, 0.05) is 5.56 Å². The fourth-order valence-corrected chi connectivity index (χ4v) is 4.28. The van der Waals surface area contributed by atoms with E-state index < -0.39 is 10.1 Å². The maximum Gasteiger partial charge on any atom is 0.294 e. The summed E-state index contributed by atoms with van der Waals surface area (Å²) in [5, 5.41) is 0. The second-order valence-corrected chi connectivity index (χ2v) is 10.7. The minimum absolute atomic E-state index is 0.0741. The maximum absolute atomic E-state index is 10.4. The third-order valence-corrected chi connectivity index (χ3v) is 6.48. The van der Waals surface area contributed by atoms with Gasteiger partial charge >= 0.3 is 0 Å². The van der Waals surface area contributed by atoms with Crippen LogP contribution in [0.15, 0.2) is 65.6 Å². The highest BCUT2D eigenvalue weighted by Crippen LogP contribution is 2.14. The van der Waals surface area contributed by atoms with Gasteiger partial charge in [0.2, 0.25) is 0 Å². The summed E-state index contributed by atoms with van der Waals surface area (Å²) in [5.74, 6) is 0. The van der Waals surface area contributed by atoms with Crippen molar-refractivity contribution >= 4 is 10.1 Å². The molecule has 180 valence electrons. The van der Waals surface area contributed by atoms with Gasteiger partial charge in [0.25, 0.3) is 10.1 Å². The predicted molar refractivity (Wildman–Crippen MR) is 135 cm³/mol. The van der Waals surface area contributed by atoms with Gasteiger partial charge in [-0.15, -0.1) is 0 Å². The van der Waals surface area contributed by atoms with E-state index in [1.54, 1.807) is 18.2 Å². The lowest BCUT2D eigenvalue weighted by molar-refractivity contribution is -0.903. The molecule has 0 aliphatic rings. The molecular formula is C27H44NO3S+. The number of nitrogens with zero attached hydrogens (tertiary/aromatic N) is 1. The van der Waals surface area contributed by atoms with Gasteiger partial charge in [-0.25, -0.2) is 0 Å². The van der Waals surface area contributed by atoms with Gasteiger partial charge in [-0.3, -0.25) is 4.55 Å². The molecule has 0 aliphatic carbocycles. The van der Waals surface area contributed by atoms with E-state index in [1.807, 2.05) is 0 Å². The topological polar surface area (TPSA) is 54.4 Å². The molecule has 0 fully saturated rings. The van der Waals surface area contributed by atoms with Crippen LogP contribution in [0.2, 0.25) is 0 Å². The average Bonchev–Trinajstić information content (AvgIpc) is 2.76. The van der Waals surface area contributed by atoms with Crippen molar-refractivity contribution in [3.8, 4) is 0 Å². The van der Waals surface area contributed by atoms with Crippen LogP contribution < -0.4 is 0 Å². The molecule has 2 aromatic rings. The monoisotopic (exact) mass is 462 g/mol. The van der Waals surface area contributed by atoms with Crippen molar-refractivity contribution in [3.63, 3.8) is 0 Å². The number of hydrogen-bond donors (Lipinski definition) is 1. The average molecular weight is 463 g/mol. The second-order valence-electron chi connectivity index (χ2n) is 9.27. The van der Waals surface area contributed by atoms with E-state index in [9.17, 15) is 8.42 Å². The highest BCUT2D eigenvalue weighted by atomic mass is 32.2. The van der Waals surface area contributed by atoms with Crippen LogP contribution in [0.3, 0.4) is 0 Å². The number of rotatable bonds is 14. The zero-order chi connectivity index (χ0) is 23.7. The lowest BCUT2D eigenvalue weighted by atomic mass is 10.1. The van der Waals surface area contributed by atoms with Crippen molar-refractivity contribution in [2.45, 2.75) is 82.6 Å². The Morgan fingerprint density at radius 1 is 0.688 bits per heavy atom. The van der Waals surface area contributed by atoms with Crippen LogP contribution in [-0.4, -0.2) is 38.1 Å². The minimum Gasteiger partial charge on any atom is -0.325 e. The number of hydrogen-bond acceptors (Lipinski definition) is 2. The molecule has 32 heavy (non-hydrogen) atoms. The zero-order valence-electron chi connectivity index (χ0n) is 20.4. The fourth-order valence-electron chi connectivity index (χ4n) is 3.78. The van der Waals surface area contributed by atoms with E-state index in [2.05, 4.69) is 51.4 Å². The second kappa shape index (κ2) is 16.0. The van der Waals surface area contributed by atoms with E-state index in [1.165, 1.54) is 88.4 Å². The van der Waals surface area contributed by atoms with E-state index in [4.69, 9.17) is 4.55 Å². The van der Waals surface area contributed by atoms with Crippen LogP contribution in [0.4, 0.5) is 0 Å². The minimum atomic E-state index is -4.00. The Balaban J connectivity index is 0.000000425. The van der Waals surface area contributed by atoms with Crippen molar-refractivity contribution in [2.75, 3.05) is 20.6 Å². The van der Waals surface area contributed by atoms with Crippen LogP contribution in [0.1, 0.15) is 76.7 Å². The van der Waals surface area contributed by atoms with Crippen LogP contribution in [-0.2, 0) is 16.7 Å². The molecule has 0 radical (unpaired) electrons. The smallest absolute Gasteiger partial charge is 0.294 e. The Labute approximate surface area is 197 Å². The van der Waals surface area contributed by atoms with E-state index in [0.717, 1.165) is 11.0 Å². The van der Waals surface area contributed by atoms with Crippen LogP contribution in [0.25, 0.3) is 0 Å². The van der Waals surface area contributed by atoms with E-state index >= 15 is 0 Å². The van der Waals surface area contributed by atoms with Crippen molar-refractivity contribution in [1.29, 1.82) is 0 Å². The Kier molecular flexibility index (Phi) is 14.2. The maximum atomic E-state index is 10.4. The van der Waals surface area contributed by atoms with Crippen molar-refractivity contribution in [1.82, 2.24) is 0 Å². The summed E-state index contributed by atoms with van der Waals surface area (Å²) in [5.41, 5.74) is 1.46. The van der Waals surface area contributed by atoms with E-state index in [0.29, 0.717) is 0 Å². The molecule has 0 saturated heterocycles. The summed E-state index contributed by atoms with van der Waals surface area (Å²) in [6.45, 7) is 4.74. The molecule has 0 aliphatic heterocycles. The van der Waals surface area contributed by atoms with Crippen molar-refractivity contribution < 1.29 is 17.5 Å². The molecule has 4 nitrogen and oxygen atoms in total. The Bertz CT molecular complexity index is 805. The molecule has 0 heterocycles. The molecule has 1 N–H and O–H groups in total. The first-order valence-corrected chi connectivity index (χ1v) is 13.6. The molecule has 0 unspecified atom stereocenters. The summed E-state index contributed by atoms with van der Waals surface area (Å²) < 4.78 is 30.4. The summed E-state index contributed by atoms with van der Waals surface area (Å²) in [6, 6.07) is 18.3. The summed E-state index contributed by atoms with van der Waals surface area (Å²) in [6.07, 6.45) is 14.2. The Morgan fingerprint density at radius 3 is 1.56 bits per heavy atom. The predicted octanol–water partition coefficient (Wildman–Crippen LogP) is 7.12. The lowest BCUT2D eigenvalue weighted by Crippen LogP contribution is -2.39. The number of unbranched alkanes of at least 4 members (excludes halogenated alkanes) is 9. The summed E-state index contributed by atoms with van der Waals surface area (Å²) in [7, 11) is 0.721. The largest absolute Gasteiger partial charge is 0.325 e. The van der Waals surface area contributed by atoms with Crippen molar-refractivity contribution in [2.24, 2.45) is 0 Å². The molecule has 0 aromatic heterocycles. The standard InChI is InChI=1S/C21H38N.C6H6O3S/c1-4-5-6-7-8-9-10-11-12-16-19-22(2,3)20-21-17-14-13-15-18-21;7-10(8,9)6-4-2-1-3-5-6/h13-15,17-18H,4-12,16,19-20H2,1-3H3;1-5H,(H,7,8,9)/q+1;. The highest BCUT2D eigenvalue weighted by Gasteiger charge is 2.14. The highest BCUT2D eigenvalue weighted by molar-refractivity contribution is 7.85. The molecule has 0 saturated carbocycles. The molecule has 2 aromatic carbocycles. The fraction of sp³-hybridized carbons (Fsp3) is 0.556. The van der Waals surface area contributed by atoms with Crippen LogP contribution in [0, 0.1) is 0 Å². The molecule has 0 spiro atoms. The Hall–Kier alpha value is -1.69. The normalized spacial score (nSPS) is 11.6. The third kappa shape index (κ3) is 14.4. The van der Waals surface area contributed by atoms with Crippen molar-refractivity contribution in [3.05, 3.63) is 66.2 Å². The molecule has 0 bridgehead atoms. The first-order valence-electron chi connectivity index (χ1n) is 12.1. The first kappa shape index (κ1) is 28.3. The van der Waals surface area contributed by atoms with Gasteiger partial charge in [0.15, 0.2) is 0 Å². The van der Waals surface area contributed by atoms with Gasteiger partial charge in [-0.2, -0.15) is 8.42 Å². The van der Waals surface area contributed by atoms with Gasteiger partial charge in [-0.05, 0) is 25.0 Å². The van der Waals surface area contributed by atoms with Gasteiger partial charge in [0.05, 0.1) is 25.5 Å². The van der Waals surface area contributed by atoms with Gasteiger partial charge in [0.1, 0.15) is 6.54 Å². The molecule has 0 amide bonds. The SMILES string of the molecule is CCCCCCCCCCCC[N+](C)(C)Cc1ccccc1.O=S(=O)(O)c1ccccc1. The molecule has 2 rings (SSSR count). The van der Waals surface area contributed by atoms with Crippen LogP contribution >= 0.6 is 0 Å². The Morgan fingerprint density at radius 2 is 1.12 bits per heavy atom. The number of quaternary nitrogens is 1. The summed E-state index contributed by atoms with van der Waals surface area (Å²) in [4.78, 5) is -0.0741. The summed E-state index contributed by atoms with van der Waals surface area (Å²) >= 11 is 0. The molecule has 0 atom stereocenters.